The Morgan fingerprint density at radius 1 is 0.686 bits per heavy atom. The highest BCUT2D eigenvalue weighted by molar-refractivity contribution is 6.31. The van der Waals surface area contributed by atoms with E-state index in [1.807, 2.05) is 54.6 Å². The van der Waals surface area contributed by atoms with Gasteiger partial charge < -0.3 is 15.4 Å². The summed E-state index contributed by atoms with van der Waals surface area (Å²) in [7, 11) is 0. The molecule has 7 rings (SSSR count). The molecule has 3 aromatic carbocycles. The number of carbonyl (C=O) groups is 1. The Bertz CT molecular complexity index is 1940. The van der Waals surface area contributed by atoms with Gasteiger partial charge in [0.05, 0.1) is 23.3 Å². The molecule has 51 heavy (non-hydrogen) atoms. The molecule has 3 heterocycles. The molecule has 5 aromatic rings. The van der Waals surface area contributed by atoms with Crippen molar-refractivity contribution in [3.63, 3.8) is 0 Å². The van der Waals surface area contributed by atoms with Gasteiger partial charge in [0, 0.05) is 62.0 Å². The van der Waals surface area contributed by atoms with Crippen LogP contribution in [0.5, 0.6) is 5.75 Å². The molecule has 1 aliphatic carbocycles. The Hall–Kier alpha value is -2.71. The summed E-state index contributed by atoms with van der Waals surface area (Å²) in [6, 6.07) is 19.5. The fraction of sp³-hybridized carbons (Fsp3) is 0.359. The second kappa shape index (κ2) is 19.9. The van der Waals surface area contributed by atoms with E-state index in [-0.39, 0.29) is 55.5 Å². The Kier molecular flexibility index (Phi) is 16.7. The molecule has 0 saturated heterocycles. The summed E-state index contributed by atoms with van der Waals surface area (Å²) < 4.78 is 6.17. The van der Waals surface area contributed by atoms with Crippen molar-refractivity contribution in [1.29, 1.82) is 0 Å². The first-order valence-electron chi connectivity index (χ1n) is 17.0. The smallest absolute Gasteiger partial charge is 0.251 e. The van der Waals surface area contributed by atoms with Crippen LogP contribution in [-0.2, 0) is 19.3 Å². The van der Waals surface area contributed by atoms with Crippen LogP contribution >= 0.6 is 72.8 Å². The van der Waals surface area contributed by atoms with Crippen molar-refractivity contribution in [2.45, 2.75) is 70.6 Å². The Balaban J connectivity index is 0.00000176. The molecule has 0 spiro atoms. The van der Waals surface area contributed by atoms with Gasteiger partial charge in [0.25, 0.3) is 5.91 Å². The van der Waals surface area contributed by atoms with Crippen LogP contribution in [0.1, 0.15) is 78.5 Å². The molecule has 0 radical (unpaired) electrons. The van der Waals surface area contributed by atoms with E-state index < -0.39 is 0 Å². The average Bonchev–Trinajstić information content (AvgIpc) is 3.10. The van der Waals surface area contributed by atoms with Gasteiger partial charge in [-0.15, -0.1) is 49.6 Å². The normalized spacial score (nSPS) is 12.9. The summed E-state index contributed by atoms with van der Waals surface area (Å²) in [5, 5.41) is 10.4. The van der Waals surface area contributed by atoms with Crippen molar-refractivity contribution in [2.24, 2.45) is 0 Å². The minimum atomic E-state index is -0.0587. The van der Waals surface area contributed by atoms with Crippen LogP contribution in [0.3, 0.4) is 0 Å². The topological polar surface area (TPSA) is 76.1 Å². The fourth-order valence-corrected chi connectivity index (χ4v) is 7.27. The number of nitrogens with one attached hydrogen (secondary N) is 2. The number of anilines is 1. The highest BCUT2D eigenvalue weighted by atomic mass is 35.5. The van der Waals surface area contributed by atoms with Gasteiger partial charge in [-0.25, -0.2) is 4.98 Å². The SMILES string of the molecule is Cl.Cl.Cl.Cl.O=C(NCCCCCCCNc1c2c(nc3cc(Cl)ccc13)CCCC2)c1ccc2nc(-c3ccc(Cl)cc3)c3c(c2c1)OCCC3. The van der Waals surface area contributed by atoms with Crippen LogP contribution in [-0.4, -0.2) is 35.6 Å². The third-order valence-electron chi connectivity index (χ3n) is 9.40. The molecule has 6 nitrogen and oxygen atoms in total. The number of benzene rings is 3. The average molecular weight is 814 g/mol. The van der Waals surface area contributed by atoms with Gasteiger partial charge in [-0.2, -0.15) is 0 Å². The van der Waals surface area contributed by atoms with Crippen molar-refractivity contribution in [1.82, 2.24) is 15.3 Å². The minimum Gasteiger partial charge on any atom is -0.493 e. The molecule has 2 aliphatic rings. The van der Waals surface area contributed by atoms with Crippen molar-refractivity contribution in [3.8, 4) is 17.0 Å². The predicted molar refractivity (Wildman–Crippen MR) is 222 cm³/mol. The van der Waals surface area contributed by atoms with E-state index in [0.29, 0.717) is 23.7 Å². The number of carbonyl (C=O) groups excluding carboxylic acids is 1. The van der Waals surface area contributed by atoms with Gasteiger partial charge in [-0.05, 0) is 105 Å². The second-order valence-electron chi connectivity index (χ2n) is 12.7. The van der Waals surface area contributed by atoms with Crippen molar-refractivity contribution >= 4 is 106 Å². The summed E-state index contributed by atoms with van der Waals surface area (Å²) >= 11 is 12.4. The van der Waals surface area contributed by atoms with Crippen molar-refractivity contribution in [2.75, 3.05) is 25.0 Å². The standard InChI is InChI=1S/C39H40Cl2N4O2.4ClH/c40-27-15-12-25(13-16-27)36-31-10-8-22-47-38(31)32-23-26(14-19-34(32)45-36)39(46)43-21-7-3-1-2-6-20-42-37-29-9-4-5-11-33(29)44-35-24-28(41)17-18-30(35)37;;;;/h12-19,23-24H,1-11,20-22H2,(H,42,44)(H,43,46);4*1H. The van der Waals surface area contributed by atoms with E-state index in [2.05, 4.69) is 16.7 Å². The third-order valence-corrected chi connectivity index (χ3v) is 9.88. The number of unbranched alkanes of at least 4 members (excludes halogenated alkanes) is 4. The zero-order valence-electron chi connectivity index (χ0n) is 28.3. The Morgan fingerprint density at radius 3 is 2.20 bits per heavy atom. The first kappa shape index (κ1) is 42.7. The number of ether oxygens (including phenoxy) is 1. The van der Waals surface area contributed by atoms with E-state index >= 15 is 0 Å². The fourth-order valence-electron chi connectivity index (χ4n) is 6.98. The van der Waals surface area contributed by atoms with Crippen LogP contribution in [0.4, 0.5) is 5.69 Å². The largest absolute Gasteiger partial charge is 0.493 e. The lowest BCUT2D eigenvalue weighted by atomic mass is 9.92. The van der Waals surface area contributed by atoms with Gasteiger partial charge >= 0.3 is 0 Å². The number of hydrogen-bond acceptors (Lipinski definition) is 5. The zero-order chi connectivity index (χ0) is 32.2. The molecule has 0 unspecified atom stereocenters. The molecule has 1 amide bonds. The number of rotatable bonds is 11. The number of amides is 1. The van der Waals surface area contributed by atoms with Gasteiger partial charge in [-0.1, -0.05) is 54.6 Å². The highest BCUT2D eigenvalue weighted by Gasteiger charge is 2.22. The molecule has 2 N–H and O–H groups in total. The number of aromatic nitrogens is 2. The summed E-state index contributed by atoms with van der Waals surface area (Å²) in [4.78, 5) is 23.0. The lowest BCUT2D eigenvalue weighted by Crippen LogP contribution is -2.24. The van der Waals surface area contributed by atoms with Crippen LogP contribution < -0.4 is 15.4 Å². The highest BCUT2D eigenvalue weighted by Crippen LogP contribution is 2.39. The quantitative estimate of drug-likeness (QED) is 0.130. The Morgan fingerprint density at radius 2 is 1.39 bits per heavy atom. The lowest BCUT2D eigenvalue weighted by Gasteiger charge is -2.22. The van der Waals surface area contributed by atoms with Gasteiger partial charge in [-0.3, -0.25) is 9.78 Å². The van der Waals surface area contributed by atoms with Crippen molar-refractivity contribution < 1.29 is 9.53 Å². The van der Waals surface area contributed by atoms with Gasteiger partial charge in [0.15, 0.2) is 0 Å². The number of nitrogens with zero attached hydrogens (tertiary/aromatic N) is 2. The van der Waals surface area contributed by atoms with Gasteiger partial charge in [0.1, 0.15) is 5.75 Å². The predicted octanol–water partition coefficient (Wildman–Crippen LogP) is 11.4. The number of halogens is 6. The van der Waals surface area contributed by atoms with E-state index in [9.17, 15) is 4.79 Å². The number of hydrogen-bond donors (Lipinski definition) is 2. The molecule has 12 heteroatoms. The van der Waals surface area contributed by atoms with Crippen LogP contribution in [0.25, 0.3) is 33.1 Å². The third kappa shape index (κ3) is 9.84. The zero-order valence-corrected chi connectivity index (χ0v) is 33.1. The summed E-state index contributed by atoms with van der Waals surface area (Å²) in [5.41, 5.74) is 9.34. The maximum atomic E-state index is 13.1. The van der Waals surface area contributed by atoms with E-state index in [1.54, 1.807) is 0 Å². The molecule has 1 aliphatic heterocycles. The van der Waals surface area contributed by atoms with Crippen LogP contribution in [0.2, 0.25) is 10.0 Å². The molecule has 274 valence electrons. The number of fused-ring (bicyclic) bond motifs is 5. The monoisotopic (exact) mass is 810 g/mol. The molecule has 0 saturated carbocycles. The summed E-state index contributed by atoms with van der Waals surface area (Å²) in [5.74, 6) is 0.786. The maximum absolute atomic E-state index is 13.1. The molecular formula is C39H44Cl6N4O2. The first-order chi connectivity index (χ1) is 23.0. The van der Waals surface area contributed by atoms with Crippen LogP contribution in [0, 0.1) is 0 Å². The lowest BCUT2D eigenvalue weighted by molar-refractivity contribution is 0.0953. The van der Waals surface area contributed by atoms with Crippen molar-refractivity contribution in [3.05, 3.63) is 93.1 Å². The molecular weight excluding hydrogens is 769 g/mol. The van der Waals surface area contributed by atoms with E-state index in [0.717, 1.165) is 108 Å². The summed E-state index contributed by atoms with van der Waals surface area (Å²) in [6.07, 6.45) is 11.8. The van der Waals surface area contributed by atoms with E-state index in [1.165, 1.54) is 35.2 Å². The van der Waals surface area contributed by atoms with Gasteiger partial charge in [0.2, 0.25) is 0 Å². The molecule has 0 fully saturated rings. The number of pyridine rings is 2. The summed E-state index contributed by atoms with van der Waals surface area (Å²) in [6.45, 7) is 2.27. The minimum absolute atomic E-state index is 0. The molecule has 2 aromatic heterocycles. The Labute approximate surface area is 334 Å². The molecule has 0 atom stereocenters. The van der Waals surface area contributed by atoms with Crippen LogP contribution in [0.15, 0.2) is 60.7 Å². The number of aryl methyl sites for hydroxylation is 1. The first-order valence-corrected chi connectivity index (χ1v) is 17.8. The second-order valence-corrected chi connectivity index (χ2v) is 13.6. The van der Waals surface area contributed by atoms with E-state index in [4.69, 9.17) is 37.9 Å². The molecule has 0 bridgehead atoms. The maximum Gasteiger partial charge on any atom is 0.251 e.